The van der Waals surface area contributed by atoms with Crippen LogP contribution in [0.3, 0.4) is 0 Å². The maximum atomic E-state index is 11.2. The molecule has 0 heterocycles. The van der Waals surface area contributed by atoms with E-state index in [9.17, 15) is 9.90 Å². The minimum Gasteiger partial charge on any atom is -0.480 e. The van der Waals surface area contributed by atoms with E-state index in [0.717, 1.165) is 19.3 Å². The van der Waals surface area contributed by atoms with Gasteiger partial charge < -0.3 is 10.8 Å². The topological polar surface area (TPSA) is 63.3 Å². The van der Waals surface area contributed by atoms with Crippen molar-refractivity contribution in [2.24, 2.45) is 11.1 Å². The third-order valence-electron chi connectivity index (χ3n) is 4.34. The highest BCUT2D eigenvalue weighted by Gasteiger charge is 2.41. The lowest BCUT2D eigenvalue weighted by atomic mass is 9.65. The van der Waals surface area contributed by atoms with E-state index in [2.05, 4.69) is 12.1 Å². The molecule has 0 amide bonds. The molecule has 18 heavy (non-hydrogen) atoms. The van der Waals surface area contributed by atoms with Crippen molar-refractivity contribution in [1.29, 1.82) is 0 Å². The third-order valence-corrected chi connectivity index (χ3v) is 4.34. The summed E-state index contributed by atoms with van der Waals surface area (Å²) < 4.78 is 0. The molecule has 0 aliphatic heterocycles. The van der Waals surface area contributed by atoms with Crippen LogP contribution < -0.4 is 5.73 Å². The molecule has 0 saturated carbocycles. The highest BCUT2D eigenvalue weighted by Crippen LogP contribution is 2.45. The van der Waals surface area contributed by atoms with Crippen molar-refractivity contribution < 1.29 is 9.90 Å². The molecule has 98 valence electrons. The lowest BCUT2D eigenvalue weighted by molar-refractivity contribution is -0.141. The molecule has 0 spiro atoms. The van der Waals surface area contributed by atoms with E-state index in [1.807, 2.05) is 26.0 Å². The summed E-state index contributed by atoms with van der Waals surface area (Å²) in [6, 6.07) is 7.51. The van der Waals surface area contributed by atoms with Gasteiger partial charge in [-0.15, -0.1) is 0 Å². The van der Waals surface area contributed by atoms with E-state index in [0.29, 0.717) is 0 Å². The van der Waals surface area contributed by atoms with Gasteiger partial charge in [0.25, 0.3) is 0 Å². The van der Waals surface area contributed by atoms with Gasteiger partial charge in [-0.3, -0.25) is 4.79 Å². The molecule has 2 atom stereocenters. The van der Waals surface area contributed by atoms with Crippen molar-refractivity contribution in [1.82, 2.24) is 0 Å². The lowest BCUT2D eigenvalue weighted by Gasteiger charge is -2.40. The first-order valence-corrected chi connectivity index (χ1v) is 6.50. The van der Waals surface area contributed by atoms with Gasteiger partial charge in [0.2, 0.25) is 0 Å². The molecule has 1 aromatic rings. The Morgan fingerprint density at radius 3 is 2.78 bits per heavy atom. The highest BCUT2D eigenvalue weighted by atomic mass is 16.4. The largest absolute Gasteiger partial charge is 0.480 e. The third kappa shape index (κ3) is 2.15. The van der Waals surface area contributed by atoms with Crippen LogP contribution >= 0.6 is 0 Å². The van der Waals surface area contributed by atoms with Gasteiger partial charge in [0.1, 0.15) is 6.04 Å². The molecule has 0 bridgehead atoms. The number of carbonyl (C=O) groups is 1. The second kappa shape index (κ2) is 4.73. The Labute approximate surface area is 108 Å². The van der Waals surface area contributed by atoms with Crippen molar-refractivity contribution in [3.05, 3.63) is 35.4 Å². The van der Waals surface area contributed by atoms with Crippen LogP contribution in [0.5, 0.6) is 0 Å². The number of nitrogens with two attached hydrogens (primary N) is 1. The highest BCUT2D eigenvalue weighted by molar-refractivity contribution is 5.74. The van der Waals surface area contributed by atoms with Crippen LogP contribution in [0.25, 0.3) is 0 Å². The zero-order valence-electron chi connectivity index (χ0n) is 11.0. The molecule has 3 N–H and O–H groups in total. The van der Waals surface area contributed by atoms with Gasteiger partial charge in [0.15, 0.2) is 0 Å². The molecule has 1 aromatic carbocycles. The molecule has 0 saturated heterocycles. The summed E-state index contributed by atoms with van der Waals surface area (Å²) in [6.45, 7) is 3.94. The van der Waals surface area contributed by atoms with Gasteiger partial charge in [0, 0.05) is 0 Å². The van der Waals surface area contributed by atoms with Crippen molar-refractivity contribution in [3.63, 3.8) is 0 Å². The fraction of sp³-hybridized carbons (Fsp3) is 0.533. The number of hydrogen-bond donors (Lipinski definition) is 2. The Hall–Kier alpha value is -1.35. The fourth-order valence-corrected chi connectivity index (χ4v) is 3.06. The first-order valence-electron chi connectivity index (χ1n) is 6.50. The SMILES string of the molecule is CC(C)(C(N)C(=O)O)C1CCCc2ccccc21. The Morgan fingerprint density at radius 1 is 1.44 bits per heavy atom. The minimum absolute atomic E-state index is 0.230. The molecule has 3 heteroatoms. The summed E-state index contributed by atoms with van der Waals surface area (Å²) >= 11 is 0. The summed E-state index contributed by atoms with van der Waals surface area (Å²) in [5.74, 6) is -0.684. The van der Waals surface area contributed by atoms with Gasteiger partial charge in [-0.2, -0.15) is 0 Å². The molecule has 2 unspecified atom stereocenters. The average Bonchev–Trinajstić information content (AvgIpc) is 2.36. The predicted octanol–water partition coefficient (Wildman–Crippen LogP) is 2.54. The second-order valence-electron chi connectivity index (χ2n) is 5.78. The molecule has 3 nitrogen and oxygen atoms in total. The number of carboxylic acids is 1. The van der Waals surface area contributed by atoms with Crippen LogP contribution in [0.2, 0.25) is 0 Å². The normalized spacial score (nSPS) is 21.2. The van der Waals surface area contributed by atoms with E-state index in [4.69, 9.17) is 5.73 Å². The minimum atomic E-state index is -0.914. The van der Waals surface area contributed by atoms with Crippen LogP contribution in [0, 0.1) is 5.41 Å². The fourth-order valence-electron chi connectivity index (χ4n) is 3.06. The Balaban J connectivity index is 2.38. The van der Waals surface area contributed by atoms with Gasteiger partial charge in [-0.1, -0.05) is 38.1 Å². The first kappa shape index (κ1) is 13.1. The summed E-state index contributed by atoms with van der Waals surface area (Å²) in [5, 5.41) is 9.17. The number of aliphatic carboxylic acids is 1. The second-order valence-corrected chi connectivity index (χ2v) is 5.78. The molecule has 1 aliphatic rings. The number of aryl methyl sites for hydroxylation is 1. The van der Waals surface area contributed by atoms with Crippen LogP contribution in [0.1, 0.15) is 43.7 Å². The van der Waals surface area contributed by atoms with E-state index >= 15 is 0 Å². The quantitative estimate of drug-likeness (QED) is 0.862. The standard InChI is InChI=1S/C15H21NO2/c1-15(2,13(16)14(17)18)12-9-5-7-10-6-3-4-8-11(10)12/h3-4,6,8,12-13H,5,7,9,16H2,1-2H3,(H,17,18). The van der Waals surface area contributed by atoms with Gasteiger partial charge in [-0.05, 0) is 41.7 Å². The molecular formula is C15H21NO2. The monoisotopic (exact) mass is 247 g/mol. The number of hydrogen-bond acceptors (Lipinski definition) is 2. The number of fused-ring (bicyclic) bond motifs is 1. The summed E-state index contributed by atoms with van der Waals surface area (Å²) in [7, 11) is 0. The van der Waals surface area contributed by atoms with E-state index < -0.39 is 17.4 Å². The molecule has 0 aromatic heterocycles. The van der Waals surface area contributed by atoms with Gasteiger partial charge in [-0.25, -0.2) is 0 Å². The lowest BCUT2D eigenvalue weighted by Crippen LogP contribution is -2.47. The smallest absolute Gasteiger partial charge is 0.321 e. The van der Waals surface area contributed by atoms with E-state index in [-0.39, 0.29) is 5.92 Å². The van der Waals surface area contributed by atoms with Crippen LogP contribution in [-0.4, -0.2) is 17.1 Å². The average molecular weight is 247 g/mol. The van der Waals surface area contributed by atoms with Crippen LogP contribution in [-0.2, 0) is 11.2 Å². The Kier molecular flexibility index (Phi) is 3.44. The Morgan fingerprint density at radius 2 is 2.11 bits per heavy atom. The zero-order chi connectivity index (χ0) is 13.3. The van der Waals surface area contributed by atoms with Crippen molar-refractivity contribution in [2.75, 3.05) is 0 Å². The molecule has 0 fully saturated rings. The van der Waals surface area contributed by atoms with Crippen molar-refractivity contribution >= 4 is 5.97 Å². The summed E-state index contributed by atoms with van der Waals surface area (Å²) in [5.41, 5.74) is 8.08. The molecular weight excluding hydrogens is 226 g/mol. The van der Waals surface area contributed by atoms with E-state index in [1.165, 1.54) is 11.1 Å². The summed E-state index contributed by atoms with van der Waals surface area (Å²) in [4.78, 5) is 11.2. The maximum Gasteiger partial charge on any atom is 0.321 e. The number of carboxylic acid groups (broad SMARTS) is 1. The zero-order valence-corrected chi connectivity index (χ0v) is 11.0. The molecule has 1 aliphatic carbocycles. The predicted molar refractivity (Wildman–Crippen MR) is 71.5 cm³/mol. The molecule has 2 rings (SSSR count). The van der Waals surface area contributed by atoms with Crippen LogP contribution in [0.15, 0.2) is 24.3 Å². The van der Waals surface area contributed by atoms with Crippen molar-refractivity contribution in [3.8, 4) is 0 Å². The van der Waals surface area contributed by atoms with Crippen LogP contribution in [0.4, 0.5) is 0 Å². The van der Waals surface area contributed by atoms with E-state index in [1.54, 1.807) is 0 Å². The number of rotatable bonds is 3. The number of benzene rings is 1. The summed E-state index contributed by atoms with van der Waals surface area (Å²) in [6.07, 6.45) is 3.22. The van der Waals surface area contributed by atoms with Crippen molar-refractivity contribution in [2.45, 2.75) is 45.1 Å². The van der Waals surface area contributed by atoms with Gasteiger partial charge in [0.05, 0.1) is 0 Å². The Bertz CT molecular complexity index is 454. The molecule has 0 radical (unpaired) electrons. The maximum absolute atomic E-state index is 11.2. The van der Waals surface area contributed by atoms with Gasteiger partial charge >= 0.3 is 5.97 Å². The first-order chi connectivity index (χ1) is 8.44.